The zero-order valence-corrected chi connectivity index (χ0v) is 13.7. The third-order valence-corrected chi connectivity index (χ3v) is 4.46. The van der Waals surface area contributed by atoms with Gasteiger partial charge in [0, 0.05) is 11.1 Å². The molecular weight excluding hydrogens is 360 g/mol. The molecule has 2 aromatic rings. The molecule has 1 aromatic heterocycles. The van der Waals surface area contributed by atoms with E-state index >= 15 is 0 Å². The Labute approximate surface area is 144 Å². The first-order chi connectivity index (χ1) is 11.0. The van der Waals surface area contributed by atoms with E-state index in [1.807, 2.05) is 0 Å². The van der Waals surface area contributed by atoms with Crippen LogP contribution >= 0.6 is 35.6 Å². The zero-order chi connectivity index (χ0) is 16.6. The Kier molecular flexibility index (Phi) is 4.20. The lowest BCUT2D eigenvalue weighted by Crippen LogP contribution is -2.27. The molecule has 23 heavy (non-hydrogen) atoms. The second kappa shape index (κ2) is 6.15. The van der Waals surface area contributed by atoms with Crippen molar-refractivity contribution in [3.05, 3.63) is 62.2 Å². The van der Waals surface area contributed by atoms with E-state index in [1.54, 1.807) is 24.3 Å². The second-order valence-electron chi connectivity index (χ2n) is 4.43. The minimum Gasteiger partial charge on any atom is -0.401 e. The summed E-state index contributed by atoms with van der Waals surface area (Å²) < 4.78 is 5.38. The molecule has 1 fully saturated rings. The van der Waals surface area contributed by atoms with E-state index < -0.39 is 4.92 Å². The van der Waals surface area contributed by atoms with Crippen LogP contribution in [0.3, 0.4) is 0 Å². The standard InChI is InChI=1S/C14H7ClN2O4S2/c15-8-2-1-3-9(6-8)16-13(18)11(23-14(16)22)7-10-4-5-12(21-10)17(19)20/h1-7H/b11-7-. The van der Waals surface area contributed by atoms with Crippen LogP contribution < -0.4 is 4.90 Å². The molecule has 0 unspecified atom stereocenters. The SMILES string of the molecule is O=C1/C(=C/c2ccc([N+](=O)[O-])o2)SC(=S)N1c1cccc(Cl)c1. The van der Waals surface area contributed by atoms with Gasteiger partial charge in [0.1, 0.15) is 10.7 Å². The quantitative estimate of drug-likeness (QED) is 0.350. The summed E-state index contributed by atoms with van der Waals surface area (Å²) in [6, 6.07) is 9.41. The van der Waals surface area contributed by atoms with E-state index in [4.69, 9.17) is 28.2 Å². The Morgan fingerprint density at radius 2 is 2.13 bits per heavy atom. The van der Waals surface area contributed by atoms with Crippen LogP contribution in [-0.4, -0.2) is 15.2 Å². The fraction of sp³-hybridized carbons (Fsp3) is 0. The number of amides is 1. The Balaban J connectivity index is 1.91. The van der Waals surface area contributed by atoms with Crippen LogP contribution in [0.15, 0.2) is 45.7 Å². The van der Waals surface area contributed by atoms with Crippen molar-refractivity contribution >= 4 is 63.5 Å². The molecule has 2 heterocycles. The summed E-state index contributed by atoms with van der Waals surface area (Å²) in [5.74, 6) is -0.508. The minimum absolute atomic E-state index is 0.211. The number of furan rings is 1. The number of anilines is 1. The molecular formula is C14H7ClN2O4S2. The number of nitrogens with zero attached hydrogens (tertiary/aromatic N) is 2. The largest absolute Gasteiger partial charge is 0.433 e. The summed E-state index contributed by atoms with van der Waals surface area (Å²) >= 11 is 12.3. The van der Waals surface area contributed by atoms with E-state index in [1.165, 1.54) is 23.1 Å². The molecule has 3 rings (SSSR count). The number of hydrogen-bond acceptors (Lipinski definition) is 6. The predicted molar refractivity (Wildman–Crippen MR) is 92.5 cm³/mol. The highest BCUT2D eigenvalue weighted by Crippen LogP contribution is 2.37. The van der Waals surface area contributed by atoms with E-state index in [9.17, 15) is 14.9 Å². The Morgan fingerprint density at radius 3 is 2.78 bits per heavy atom. The lowest BCUT2D eigenvalue weighted by Gasteiger charge is -2.14. The average Bonchev–Trinajstić information content (AvgIpc) is 3.05. The van der Waals surface area contributed by atoms with Crippen molar-refractivity contribution in [2.45, 2.75) is 0 Å². The monoisotopic (exact) mass is 366 g/mol. The molecule has 0 saturated carbocycles. The summed E-state index contributed by atoms with van der Waals surface area (Å²) in [6.07, 6.45) is 1.43. The maximum Gasteiger partial charge on any atom is 0.433 e. The van der Waals surface area contributed by atoms with Gasteiger partial charge in [0.2, 0.25) is 0 Å². The normalized spacial score (nSPS) is 16.4. The molecule has 1 aliphatic rings. The predicted octanol–water partition coefficient (Wildman–Crippen LogP) is 4.25. The van der Waals surface area contributed by atoms with Crippen LogP contribution in [0.2, 0.25) is 5.02 Å². The highest BCUT2D eigenvalue weighted by molar-refractivity contribution is 8.27. The molecule has 0 spiro atoms. The van der Waals surface area contributed by atoms with Crippen molar-refractivity contribution in [2.24, 2.45) is 0 Å². The number of hydrogen-bond donors (Lipinski definition) is 0. The molecule has 0 N–H and O–H groups in total. The van der Waals surface area contributed by atoms with Crippen molar-refractivity contribution in [3.8, 4) is 0 Å². The maximum atomic E-state index is 12.5. The molecule has 1 aromatic carbocycles. The molecule has 1 amide bonds. The number of rotatable bonds is 3. The summed E-state index contributed by atoms with van der Waals surface area (Å²) in [6.45, 7) is 0. The van der Waals surface area contributed by atoms with Gasteiger partial charge in [-0.15, -0.1) is 0 Å². The Bertz CT molecular complexity index is 862. The Hall–Kier alpha value is -2.16. The van der Waals surface area contributed by atoms with Gasteiger partial charge in [0.25, 0.3) is 5.91 Å². The minimum atomic E-state index is -0.644. The number of thioether (sulfide) groups is 1. The smallest absolute Gasteiger partial charge is 0.401 e. The molecule has 6 nitrogen and oxygen atoms in total. The maximum absolute atomic E-state index is 12.5. The van der Waals surface area contributed by atoms with Crippen molar-refractivity contribution in [3.63, 3.8) is 0 Å². The van der Waals surface area contributed by atoms with Crippen molar-refractivity contribution in [1.82, 2.24) is 0 Å². The molecule has 1 aliphatic heterocycles. The number of nitro groups is 1. The third-order valence-electron chi connectivity index (χ3n) is 2.93. The van der Waals surface area contributed by atoms with Crippen molar-refractivity contribution in [2.75, 3.05) is 4.90 Å². The van der Waals surface area contributed by atoms with Gasteiger partial charge in [-0.1, -0.05) is 41.6 Å². The highest BCUT2D eigenvalue weighted by atomic mass is 35.5. The molecule has 0 radical (unpaired) electrons. The first kappa shape index (κ1) is 15.7. The number of thiocarbonyl (C=S) groups is 1. The first-order valence-electron chi connectivity index (χ1n) is 6.23. The van der Waals surface area contributed by atoms with E-state index in [0.29, 0.717) is 19.9 Å². The molecule has 1 saturated heterocycles. The average molecular weight is 367 g/mol. The number of carbonyl (C=O) groups is 1. The van der Waals surface area contributed by atoms with E-state index in [-0.39, 0.29) is 17.6 Å². The van der Waals surface area contributed by atoms with Gasteiger partial charge in [-0.25, -0.2) is 0 Å². The van der Waals surface area contributed by atoms with Crippen molar-refractivity contribution < 1.29 is 14.1 Å². The second-order valence-corrected chi connectivity index (χ2v) is 6.54. The number of halogens is 1. The Morgan fingerprint density at radius 1 is 1.35 bits per heavy atom. The van der Waals surface area contributed by atoms with Gasteiger partial charge in [-0.05, 0) is 24.3 Å². The fourth-order valence-electron chi connectivity index (χ4n) is 1.95. The van der Waals surface area contributed by atoms with Gasteiger partial charge in [-0.3, -0.25) is 19.8 Å². The van der Waals surface area contributed by atoms with Crippen LogP contribution in [0.25, 0.3) is 6.08 Å². The van der Waals surface area contributed by atoms with Gasteiger partial charge in [0.05, 0.1) is 16.7 Å². The van der Waals surface area contributed by atoms with Crippen LogP contribution in [0, 0.1) is 10.1 Å². The summed E-state index contributed by atoms with van der Waals surface area (Å²) in [5.41, 5.74) is 0.564. The van der Waals surface area contributed by atoms with Gasteiger partial charge in [-0.2, -0.15) is 0 Å². The summed E-state index contributed by atoms with van der Waals surface area (Å²) in [7, 11) is 0. The van der Waals surface area contributed by atoms with Crippen LogP contribution in [-0.2, 0) is 4.79 Å². The van der Waals surface area contributed by atoms with Gasteiger partial charge >= 0.3 is 5.88 Å². The molecule has 0 atom stereocenters. The van der Waals surface area contributed by atoms with E-state index in [0.717, 1.165) is 11.8 Å². The molecule has 9 heteroatoms. The summed E-state index contributed by atoms with van der Waals surface area (Å²) in [4.78, 5) is 24.1. The van der Waals surface area contributed by atoms with Crippen LogP contribution in [0.4, 0.5) is 11.6 Å². The van der Waals surface area contributed by atoms with Gasteiger partial charge < -0.3 is 4.42 Å². The number of benzene rings is 1. The van der Waals surface area contributed by atoms with E-state index in [2.05, 4.69) is 0 Å². The molecule has 116 valence electrons. The topological polar surface area (TPSA) is 76.6 Å². The zero-order valence-electron chi connectivity index (χ0n) is 11.3. The van der Waals surface area contributed by atoms with Crippen LogP contribution in [0.1, 0.15) is 5.76 Å². The number of carbonyl (C=O) groups excluding carboxylic acids is 1. The fourth-order valence-corrected chi connectivity index (χ4v) is 3.42. The lowest BCUT2D eigenvalue weighted by atomic mass is 10.3. The van der Waals surface area contributed by atoms with Crippen LogP contribution in [0.5, 0.6) is 0 Å². The van der Waals surface area contributed by atoms with Gasteiger partial charge in [0.15, 0.2) is 4.32 Å². The van der Waals surface area contributed by atoms with Crippen molar-refractivity contribution in [1.29, 1.82) is 0 Å². The summed E-state index contributed by atoms with van der Waals surface area (Å²) in [5, 5.41) is 11.1. The first-order valence-corrected chi connectivity index (χ1v) is 7.84. The molecule has 0 bridgehead atoms. The molecule has 0 aliphatic carbocycles. The highest BCUT2D eigenvalue weighted by Gasteiger charge is 2.33. The lowest BCUT2D eigenvalue weighted by molar-refractivity contribution is -0.402. The third kappa shape index (κ3) is 3.14.